The molecule has 0 radical (unpaired) electrons. The van der Waals surface area contributed by atoms with Gasteiger partial charge in [-0.15, -0.1) is 0 Å². The summed E-state index contributed by atoms with van der Waals surface area (Å²) in [7, 11) is 0. The van der Waals surface area contributed by atoms with Crippen molar-refractivity contribution in [3.8, 4) is 0 Å². The first kappa shape index (κ1) is 14.8. The lowest BCUT2D eigenvalue weighted by molar-refractivity contribution is -0.0968. The minimum Gasteiger partial charge on any atom is -0.388 e. The van der Waals surface area contributed by atoms with Crippen molar-refractivity contribution in [3.05, 3.63) is 0 Å². The summed E-state index contributed by atoms with van der Waals surface area (Å²) in [6.07, 6.45) is 9.64. The van der Waals surface area contributed by atoms with Crippen molar-refractivity contribution in [1.82, 2.24) is 4.90 Å². The Morgan fingerprint density at radius 3 is 2.35 bits per heavy atom. The molecule has 20 heavy (non-hydrogen) atoms. The number of nitrogens with zero attached hydrogens (tertiary/aromatic N) is 1. The van der Waals surface area contributed by atoms with Crippen LogP contribution in [0, 0.1) is 11.3 Å². The summed E-state index contributed by atoms with van der Waals surface area (Å²) >= 11 is 0. The molecule has 116 valence electrons. The molecule has 3 heteroatoms. The van der Waals surface area contributed by atoms with Gasteiger partial charge in [0, 0.05) is 30.6 Å². The molecule has 2 unspecified atom stereocenters. The Morgan fingerprint density at radius 1 is 1.20 bits per heavy atom. The van der Waals surface area contributed by atoms with E-state index in [1.807, 2.05) is 0 Å². The van der Waals surface area contributed by atoms with Gasteiger partial charge in [0.15, 0.2) is 0 Å². The largest absolute Gasteiger partial charge is 0.388 e. The monoisotopic (exact) mass is 280 g/mol. The Balaban J connectivity index is 1.75. The number of aliphatic hydroxyl groups is 1. The molecule has 0 amide bonds. The Hall–Kier alpha value is -0.120. The summed E-state index contributed by atoms with van der Waals surface area (Å²) in [4.78, 5) is 2.56. The van der Waals surface area contributed by atoms with Crippen molar-refractivity contribution < 1.29 is 5.11 Å². The van der Waals surface area contributed by atoms with Crippen LogP contribution in [0.1, 0.15) is 65.2 Å². The van der Waals surface area contributed by atoms with Crippen LogP contribution >= 0.6 is 0 Å². The maximum absolute atomic E-state index is 11.4. The van der Waals surface area contributed by atoms with Crippen molar-refractivity contribution in [3.63, 3.8) is 0 Å². The van der Waals surface area contributed by atoms with E-state index in [1.54, 1.807) is 0 Å². The molecule has 0 aromatic rings. The molecule has 2 saturated carbocycles. The lowest BCUT2D eigenvalue weighted by atomic mass is 9.60. The van der Waals surface area contributed by atoms with Crippen LogP contribution in [0.4, 0.5) is 0 Å². The summed E-state index contributed by atoms with van der Waals surface area (Å²) in [5.41, 5.74) is 5.64. The fraction of sp³-hybridized carbons (Fsp3) is 1.00. The highest BCUT2D eigenvalue weighted by Gasteiger charge is 2.57. The Labute approximate surface area is 123 Å². The highest BCUT2D eigenvalue weighted by Crippen LogP contribution is 2.52. The summed E-state index contributed by atoms with van der Waals surface area (Å²) < 4.78 is 0. The molecule has 2 atom stereocenters. The van der Waals surface area contributed by atoms with E-state index in [0.29, 0.717) is 12.6 Å². The van der Waals surface area contributed by atoms with E-state index in [2.05, 4.69) is 18.7 Å². The number of rotatable bonds is 4. The van der Waals surface area contributed by atoms with Gasteiger partial charge < -0.3 is 10.8 Å². The second kappa shape index (κ2) is 5.26. The number of likely N-dealkylation sites (tertiary alicyclic amines) is 1. The predicted molar refractivity (Wildman–Crippen MR) is 82.5 cm³/mol. The summed E-state index contributed by atoms with van der Waals surface area (Å²) in [5.74, 6) is 0.858. The van der Waals surface area contributed by atoms with Gasteiger partial charge in [-0.2, -0.15) is 0 Å². The number of hydrogen-bond acceptors (Lipinski definition) is 3. The molecule has 1 heterocycles. The minimum atomic E-state index is -0.539. The molecule has 3 rings (SSSR count). The zero-order valence-corrected chi connectivity index (χ0v) is 13.3. The minimum absolute atomic E-state index is 0.0173. The van der Waals surface area contributed by atoms with Crippen molar-refractivity contribution in [2.75, 3.05) is 13.1 Å². The van der Waals surface area contributed by atoms with Crippen LogP contribution in [0.5, 0.6) is 0 Å². The topological polar surface area (TPSA) is 49.5 Å². The third kappa shape index (κ3) is 2.32. The molecule has 3 N–H and O–H groups in total. The zero-order chi connectivity index (χ0) is 14.4. The normalized spacial score (nSPS) is 46.8. The summed E-state index contributed by atoms with van der Waals surface area (Å²) in [6, 6.07) is 1.28. The van der Waals surface area contributed by atoms with E-state index in [4.69, 9.17) is 5.73 Å². The average Bonchev–Trinajstić information content (AvgIpc) is 3.24. The van der Waals surface area contributed by atoms with Crippen LogP contribution in [0.25, 0.3) is 0 Å². The summed E-state index contributed by atoms with van der Waals surface area (Å²) in [5, 5.41) is 11.4. The van der Waals surface area contributed by atoms with Gasteiger partial charge in [-0.1, -0.05) is 13.3 Å². The first-order chi connectivity index (χ1) is 9.53. The quantitative estimate of drug-likeness (QED) is 0.832. The van der Waals surface area contributed by atoms with E-state index in [1.165, 1.54) is 32.1 Å². The van der Waals surface area contributed by atoms with Crippen LogP contribution in [0.15, 0.2) is 0 Å². The SMILES string of the molecule is CCC1CCC(CN)(C2(O)CC(C)N(C3CC3)C2)CC1. The Kier molecular flexibility index (Phi) is 3.89. The van der Waals surface area contributed by atoms with E-state index < -0.39 is 5.60 Å². The highest BCUT2D eigenvalue weighted by atomic mass is 16.3. The number of hydrogen-bond donors (Lipinski definition) is 2. The molecular weight excluding hydrogens is 248 g/mol. The van der Waals surface area contributed by atoms with Crippen LogP contribution in [-0.4, -0.2) is 40.8 Å². The van der Waals surface area contributed by atoms with Gasteiger partial charge in [0.1, 0.15) is 0 Å². The lowest BCUT2D eigenvalue weighted by Crippen LogP contribution is -2.55. The molecule has 3 aliphatic rings. The van der Waals surface area contributed by atoms with Crippen molar-refractivity contribution in [2.24, 2.45) is 17.1 Å². The van der Waals surface area contributed by atoms with Gasteiger partial charge in [0.25, 0.3) is 0 Å². The Bertz CT molecular complexity index is 347. The third-order valence-electron chi connectivity index (χ3n) is 6.68. The predicted octanol–water partition coefficient (Wildman–Crippen LogP) is 2.52. The maximum Gasteiger partial charge on any atom is 0.0856 e. The maximum atomic E-state index is 11.4. The van der Waals surface area contributed by atoms with Gasteiger partial charge >= 0.3 is 0 Å². The number of nitrogens with two attached hydrogens (primary N) is 1. The van der Waals surface area contributed by atoms with Crippen LogP contribution < -0.4 is 5.73 Å². The molecule has 0 aromatic heterocycles. The molecule has 0 bridgehead atoms. The van der Waals surface area contributed by atoms with Crippen molar-refractivity contribution in [2.45, 2.75) is 82.9 Å². The fourth-order valence-electron chi connectivity index (χ4n) is 4.91. The van der Waals surface area contributed by atoms with E-state index in [0.717, 1.165) is 37.8 Å². The standard InChI is InChI=1S/C17H32N2O/c1-3-14-6-8-16(11-18,9-7-14)17(20)10-13(2)19(12-17)15-4-5-15/h13-15,20H,3-12,18H2,1-2H3. The van der Waals surface area contributed by atoms with Crippen LogP contribution in [-0.2, 0) is 0 Å². The van der Waals surface area contributed by atoms with Gasteiger partial charge in [-0.3, -0.25) is 4.90 Å². The smallest absolute Gasteiger partial charge is 0.0856 e. The Morgan fingerprint density at radius 2 is 1.85 bits per heavy atom. The average molecular weight is 280 g/mol. The number of β-amino-alcohol motifs (C(OH)–C–C–N with tert-alkyl or cyclic N) is 1. The first-order valence-corrected chi connectivity index (χ1v) is 8.72. The molecule has 1 aliphatic heterocycles. The van der Waals surface area contributed by atoms with E-state index in [-0.39, 0.29) is 5.41 Å². The van der Waals surface area contributed by atoms with Gasteiger partial charge in [0.05, 0.1) is 5.60 Å². The highest BCUT2D eigenvalue weighted by molar-refractivity contribution is 5.10. The third-order valence-corrected chi connectivity index (χ3v) is 6.68. The zero-order valence-electron chi connectivity index (χ0n) is 13.3. The summed E-state index contributed by atoms with van der Waals surface area (Å²) in [6.45, 7) is 6.11. The molecule has 1 saturated heterocycles. The van der Waals surface area contributed by atoms with Crippen molar-refractivity contribution >= 4 is 0 Å². The molecule has 3 nitrogen and oxygen atoms in total. The molecule has 2 aliphatic carbocycles. The first-order valence-electron chi connectivity index (χ1n) is 8.72. The van der Waals surface area contributed by atoms with E-state index >= 15 is 0 Å². The lowest BCUT2D eigenvalue weighted by Gasteiger charge is -2.49. The van der Waals surface area contributed by atoms with Crippen molar-refractivity contribution in [1.29, 1.82) is 0 Å². The molecular formula is C17H32N2O. The van der Waals surface area contributed by atoms with Crippen LogP contribution in [0.2, 0.25) is 0 Å². The fourth-order valence-corrected chi connectivity index (χ4v) is 4.91. The molecule has 3 fully saturated rings. The van der Waals surface area contributed by atoms with Crippen LogP contribution in [0.3, 0.4) is 0 Å². The van der Waals surface area contributed by atoms with E-state index in [9.17, 15) is 5.11 Å². The second-order valence-corrected chi connectivity index (χ2v) is 7.82. The van der Waals surface area contributed by atoms with Gasteiger partial charge in [-0.05, 0) is 57.8 Å². The second-order valence-electron chi connectivity index (χ2n) is 7.82. The molecule has 0 aromatic carbocycles. The molecule has 0 spiro atoms. The van der Waals surface area contributed by atoms with Gasteiger partial charge in [-0.25, -0.2) is 0 Å². The van der Waals surface area contributed by atoms with Gasteiger partial charge in [0.2, 0.25) is 0 Å².